The first-order valence-corrected chi connectivity index (χ1v) is 14.3. The van der Waals surface area contributed by atoms with Crippen molar-refractivity contribution in [3.8, 4) is 0 Å². The summed E-state index contributed by atoms with van der Waals surface area (Å²) < 4.78 is 7.19. The van der Waals surface area contributed by atoms with E-state index < -0.39 is 0 Å². The molecule has 5 fully saturated rings. The van der Waals surface area contributed by atoms with Gasteiger partial charge in [-0.1, -0.05) is 6.07 Å². The maximum Gasteiger partial charge on any atom is 0.251 e. The van der Waals surface area contributed by atoms with Crippen molar-refractivity contribution in [1.82, 2.24) is 31.7 Å². The van der Waals surface area contributed by atoms with Crippen molar-refractivity contribution in [3.63, 3.8) is 0 Å². The van der Waals surface area contributed by atoms with Gasteiger partial charge in [-0.25, -0.2) is 10.9 Å². The molecule has 6 N–H and O–H groups in total. The van der Waals surface area contributed by atoms with Crippen molar-refractivity contribution < 1.29 is 14.0 Å². The van der Waals surface area contributed by atoms with Crippen molar-refractivity contribution in [1.29, 1.82) is 0 Å². The van der Waals surface area contributed by atoms with Crippen LogP contribution in [0.15, 0.2) is 24.3 Å². The Morgan fingerprint density at radius 2 is 2.11 bits per heavy atom. The molecule has 5 aliphatic heterocycles. The molecule has 0 aliphatic carbocycles. The number of nitrogens with zero attached hydrogens (tertiary/aromatic N) is 2. The van der Waals surface area contributed by atoms with E-state index in [0.29, 0.717) is 36.3 Å². The number of carbonyl (C=O) groups is 1. The Bertz CT molecular complexity index is 964. The molecule has 0 spiro atoms. The zero-order valence-corrected chi connectivity index (χ0v) is 22.3. The largest absolute Gasteiger partial charge is 0.382 e. The molecule has 10 heteroatoms. The number of hydrogen-bond donors (Lipinski definition) is 6. The van der Waals surface area contributed by atoms with E-state index in [4.69, 9.17) is 4.74 Å². The van der Waals surface area contributed by atoms with Gasteiger partial charge in [-0.05, 0) is 50.9 Å². The molecule has 5 aliphatic rings. The van der Waals surface area contributed by atoms with Gasteiger partial charge in [0.05, 0.1) is 51.2 Å². The Balaban J connectivity index is 1.03. The van der Waals surface area contributed by atoms with Gasteiger partial charge >= 0.3 is 0 Å². The first-order valence-electron chi connectivity index (χ1n) is 14.3. The van der Waals surface area contributed by atoms with Gasteiger partial charge in [-0.3, -0.25) is 15.0 Å². The molecule has 8 atom stereocenters. The summed E-state index contributed by atoms with van der Waals surface area (Å²) in [5, 5.41) is 14.0. The zero-order valence-electron chi connectivity index (χ0n) is 22.3. The van der Waals surface area contributed by atoms with Crippen LogP contribution < -0.4 is 32.1 Å². The number of benzene rings is 1. The van der Waals surface area contributed by atoms with Gasteiger partial charge in [0.2, 0.25) is 0 Å². The smallest absolute Gasteiger partial charge is 0.251 e. The summed E-state index contributed by atoms with van der Waals surface area (Å²) in [6.45, 7) is 8.41. The van der Waals surface area contributed by atoms with Crippen LogP contribution in [0.4, 0.5) is 5.69 Å². The van der Waals surface area contributed by atoms with E-state index in [1.54, 1.807) is 0 Å². The molecule has 1 amide bonds. The molecular formula is C27H45N8O2+. The molecule has 0 bridgehead atoms. The standard InChI is InChI=1S/C27H44N8O2/c1-18-5-3-8-25-30-14-21(35(18,25)2)15-31-27(36)19-6-4-7-20(13-19)29-17-24-32-33-26-22-9-10-28-16-23(22)37-12-11-34(24)26/h4,6-7,13,18,21-26,28-30,32-33H,3,5,8-12,14-17H2,1-2H3/p+1. The number of hydrazine groups is 1. The topological polar surface area (TPSA) is 102 Å². The van der Waals surface area contributed by atoms with Gasteiger partial charge in [-0.15, -0.1) is 0 Å². The number of rotatable bonds is 6. The highest BCUT2D eigenvalue weighted by Gasteiger charge is 2.51. The van der Waals surface area contributed by atoms with Gasteiger partial charge in [0.1, 0.15) is 12.2 Å². The van der Waals surface area contributed by atoms with Crippen LogP contribution in [0, 0.1) is 5.92 Å². The number of piperidine rings is 2. The maximum atomic E-state index is 13.1. The van der Waals surface area contributed by atoms with Crippen LogP contribution in [-0.4, -0.2) is 105 Å². The van der Waals surface area contributed by atoms with Crippen LogP contribution in [0.5, 0.6) is 0 Å². The molecule has 10 nitrogen and oxygen atoms in total. The lowest BCUT2D eigenvalue weighted by Gasteiger charge is -2.48. The fraction of sp³-hybridized carbons (Fsp3) is 0.741. The van der Waals surface area contributed by atoms with Gasteiger partial charge < -0.3 is 25.2 Å². The van der Waals surface area contributed by atoms with Crippen LogP contribution in [-0.2, 0) is 4.74 Å². The van der Waals surface area contributed by atoms with E-state index in [1.165, 1.54) is 19.3 Å². The maximum absolute atomic E-state index is 13.1. The van der Waals surface area contributed by atoms with Gasteiger partial charge in [0.15, 0.2) is 0 Å². The summed E-state index contributed by atoms with van der Waals surface area (Å²) in [5.74, 6) is 0.488. The lowest BCUT2D eigenvalue weighted by molar-refractivity contribution is -0.968. The second-order valence-corrected chi connectivity index (χ2v) is 11.8. The van der Waals surface area contributed by atoms with E-state index in [-0.39, 0.29) is 24.3 Å². The van der Waals surface area contributed by atoms with E-state index in [1.807, 2.05) is 24.3 Å². The van der Waals surface area contributed by atoms with Crippen molar-refractivity contribution in [2.75, 3.05) is 58.2 Å². The molecule has 5 saturated heterocycles. The number of hydrogen-bond acceptors (Lipinski definition) is 8. The highest BCUT2D eigenvalue weighted by atomic mass is 16.5. The number of anilines is 1. The SMILES string of the molecule is CC1CCCC2NCC(CNC(=O)c3cccc(NCC4NNC5C6CCNCC6OCCN45)c3)[N+]12C. The number of ether oxygens (including phenoxy) is 1. The average molecular weight is 514 g/mol. The molecule has 0 saturated carbocycles. The summed E-state index contributed by atoms with van der Waals surface area (Å²) in [7, 11) is 2.37. The molecular weight excluding hydrogens is 468 g/mol. The molecule has 5 heterocycles. The van der Waals surface area contributed by atoms with Crippen LogP contribution in [0.1, 0.15) is 43.0 Å². The zero-order chi connectivity index (χ0) is 25.4. The molecule has 1 aromatic carbocycles. The third kappa shape index (κ3) is 4.89. The predicted octanol–water partition coefficient (Wildman–Crippen LogP) is 0.216. The lowest BCUT2D eigenvalue weighted by atomic mass is 9.91. The summed E-state index contributed by atoms with van der Waals surface area (Å²) in [6, 6.07) is 8.92. The second kappa shape index (κ2) is 10.8. The minimum Gasteiger partial charge on any atom is -0.382 e. The number of fused-ring (bicyclic) bond motifs is 4. The summed E-state index contributed by atoms with van der Waals surface area (Å²) in [5.41, 5.74) is 8.71. The van der Waals surface area contributed by atoms with E-state index in [9.17, 15) is 4.79 Å². The Morgan fingerprint density at radius 3 is 3.03 bits per heavy atom. The Labute approximate surface area is 220 Å². The van der Waals surface area contributed by atoms with E-state index in [0.717, 1.165) is 55.9 Å². The van der Waals surface area contributed by atoms with E-state index in [2.05, 4.69) is 51.0 Å². The fourth-order valence-electron chi connectivity index (χ4n) is 7.48. The number of carbonyl (C=O) groups excluding carboxylic acids is 1. The minimum absolute atomic E-state index is 0.00528. The van der Waals surface area contributed by atoms with Crippen molar-refractivity contribution in [2.45, 2.75) is 69.3 Å². The van der Waals surface area contributed by atoms with Crippen LogP contribution >= 0.6 is 0 Å². The van der Waals surface area contributed by atoms with Crippen LogP contribution in [0.3, 0.4) is 0 Å². The molecule has 6 rings (SSSR count). The molecule has 37 heavy (non-hydrogen) atoms. The highest BCUT2D eigenvalue weighted by Crippen LogP contribution is 2.34. The quantitative estimate of drug-likeness (QED) is 0.301. The third-order valence-electron chi connectivity index (χ3n) is 9.94. The molecule has 1 aromatic rings. The number of quaternary nitrogens is 1. The monoisotopic (exact) mass is 513 g/mol. The first-order chi connectivity index (χ1) is 18.0. The molecule has 0 radical (unpaired) electrons. The first kappa shape index (κ1) is 25.5. The fourth-order valence-corrected chi connectivity index (χ4v) is 7.48. The average Bonchev–Trinajstić information content (AvgIpc) is 3.42. The highest BCUT2D eigenvalue weighted by molar-refractivity contribution is 5.95. The number of likely N-dealkylation sites (N-methyl/N-ethyl adjacent to an activating group) is 1. The van der Waals surface area contributed by atoms with E-state index >= 15 is 0 Å². The predicted molar refractivity (Wildman–Crippen MR) is 144 cm³/mol. The lowest BCUT2D eigenvalue weighted by Crippen LogP contribution is -2.64. The van der Waals surface area contributed by atoms with Crippen LogP contribution in [0.2, 0.25) is 0 Å². The van der Waals surface area contributed by atoms with Gasteiger partial charge in [0, 0.05) is 43.2 Å². The Hall–Kier alpha value is -1.79. The normalized spacial score (nSPS) is 39.8. The van der Waals surface area contributed by atoms with Gasteiger partial charge in [-0.2, -0.15) is 0 Å². The molecule has 8 unspecified atom stereocenters. The van der Waals surface area contributed by atoms with Crippen LogP contribution in [0.25, 0.3) is 0 Å². The molecule has 204 valence electrons. The van der Waals surface area contributed by atoms with Crippen molar-refractivity contribution in [2.24, 2.45) is 5.92 Å². The van der Waals surface area contributed by atoms with Gasteiger partial charge in [0.25, 0.3) is 5.91 Å². The minimum atomic E-state index is 0.00528. The Kier molecular flexibility index (Phi) is 7.41. The molecule has 0 aromatic heterocycles. The summed E-state index contributed by atoms with van der Waals surface area (Å²) in [4.78, 5) is 15.6. The number of amides is 1. The Morgan fingerprint density at radius 1 is 1.19 bits per heavy atom. The van der Waals surface area contributed by atoms with Crippen molar-refractivity contribution in [3.05, 3.63) is 29.8 Å². The summed E-state index contributed by atoms with van der Waals surface area (Å²) >= 11 is 0. The summed E-state index contributed by atoms with van der Waals surface area (Å²) in [6.07, 6.45) is 6.15. The van der Waals surface area contributed by atoms with Crippen molar-refractivity contribution >= 4 is 11.6 Å². The second-order valence-electron chi connectivity index (χ2n) is 11.8. The third-order valence-corrected chi connectivity index (χ3v) is 9.94. The number of nitrogens with one attached hydrogen (secondary N) is 6.